The van der Waals surface area contributed by atoms with E-state index in [2.05, 4.69) is 0 Å². The molecule has 6 amide bonds. The van der Waals surface area contributed by atoms with Crippen molar-refractivity contribution in [2.24, 2.45) is 0 Å². The number of carbonyl (C=O) groups is 6. The van der Waals surface area contributed by atoms with E-state index >= 15 is 0 Å². The van der Waals surface area contributed by atoms with Crippen molar-refractivity contribution in [3.63, 3.8) is 0 Å². The van der Waals surface area contributed by atoms with Crippen LogP contribution in [0, 0.1) is 20.8 Å². The number of fused-ring (bicyclic) bond motifs is 6. The van der Waals surface area contributed by atoms with Gasteiger partial charge in [0.25, 0.3) is 35.4 Å². The van der Waals surface area contributed by atoms with Gasteiger partial charge in [-0.05, 0) is 128 Å². The summed E-state index contributed by atoms with van der Waals surface area (Å²) >= 11 is 0. The van der Waals surface area contributed by atoms with Gasteiger partial charge in [0.1, 0.15) is 0 Å². The number of hydrogen-bond donors (Lipinski definition) is 6. The Morgan fingerprint density at radius 1 is 0.324 bits per heavy atom. The molecule has 6 aromatic carbocycles. The highest BCUT2D eigenvalue weighted by molar-refractivity contribution is 6.02. The third kappa shape index (κ3) is 23.1. The first-order valence-corrected chi connectivity index (χ1v) is 36.3. The van der Waals surface area contributed by atoms with Crippen molar-refractivity contribution < 1.29 is 82.5 Å². The second kappa shape index (κ2) is 40.4. The summed E-state index contributed by atoms with van der Waals surface area (Å²) in [6.45, 7) is 32.0. The maximum absolute atomic E-state index is 13.2. The molecule has 108 heavy (non-hydrogen) atoms. The van der Waals surface area contributed by atoms with Crippen molar-refractivity contribution in [2.75, 3.05) is 113 Å². The summed E-state index contributed by atoms with van der Waals surface area (Å²) in [5.41, 5.74) is 35.3. The standard InChI is InChI=1S/3C22H23F3N4O3.6C2H6/c1-12-2-13(5-16(26)3-12)20(30)28-8-18-10-29(11-19(9-28)32-18)21(31)14-4-15(22(23,24)25)7-17(27)6-14;1-12-6-13(2-4-18(12)26)20(30)28-8-15-10-29(11-16(9-28)32-15)21(31)14-3-5-19(27)17(7-14)22(23,24)25;1-12-4-2-5-15(18(12)26)20(30)28-8-13-10-29(11-14(9-28)32-13)21(31)16-6-3-7-17(19(16)27)22(23,24)25;6*1-2/h2-7,18-19H,8-11,26-27H2,1H3;2-7,15-16H,8-11,26-27H2,1H3;2-7,13-14H,8-11,26-27H2,1H3;6*1-2H3. The number of rotatable bonds is 6. The Labute approximate surface area is 626 Å². The van der Waals surface area contributed by atoms with Gasteiger partial charge < -0.3 is 78.0 Å². The zero-order valence-electron chi connectivity index (χ0n) is 64.1. The summed E-state index contributed by atoms with van der Waals surface area (Å²) in [5.74, 6) is -2.21. The summed E-state index contributed by atoms with van der Waals surface area (Å²) in [5, 5.41) is 0. The number of alkyl halides is 9. The molecule has 6 aromatic rings. The molecule has 6 unspecified atom stereocenters. The molecule has 12 rings (SSSR count). The third-order valence-electron chi connectivity index (χ3n) is 17.2. The van der Waals surface area contributed by atoms with E-state index in [4.69, 9.17) is 48.6 Å². The highest BCUT2D eigenvalue weighted by atomic mass is 19.4. The average Bonchev–Trinajstić information content (AvgIpc) is 0.791. The summed E-state index contributed by atoms with van der Waals surface area (Å²) in [4.78, 5) is 87.0. The molecule has 6 atom stereocenters. The van der Waals surface area contributed by atoms with E-state index in [0.717, 1.165) is 47.0 Å². The number of nitrogens with zero attached hydrogens (tertiary/aromatic N) is 6. The Bertz CT molecular complexity index is 3970. The molecule has 0 saturated carbocycles. The third-order valence-corrected chi connectivity index (χ3v) is 17.2. The van der Waals surface area contributed by atoms with Gasteiger partial charge in [-0.15, -0.1) is 0 Å². The van der Waals surface area contributed by atoms with Gasteiger partial charge in [0, 0.05) is 129 Å². The highest BCUT2D eigenvalue weighted by Crippen LogP contribution is 2.38. The van der Waals surface area contributed by atoms with Crippen molar-refractivity contribution in [1.29, 1.82) is 0 Å². The van der Waals surface area contributed by atoms with Gasteiger partial charge in [0.2, 0.25) is 0 Å². The van der Waals surface area contributed by atoms with Crippen molar-refractivity contribution in [3.05, 3.63) is 176 Å². The van der Waals surface area contributed by atoms with Crippen LogP contribution in [-0.4, -0.2) is 180 Å². The number of halogens is 9. The maximum Gasteiger partial charge on any atom is 0.418 e. The fraction of sp³-hybridized carbons (Fsp3) is 0.462. The minimum Gasteiger partial charge on any atom is -0.399 e. The first-order chi connectivity index (χ1) is 51.1. The molecular formula is C78H105F9N12O9. The number of nitrogen functional groups attached to an aromatic ring is 6. The second-order valence-corrected chi connectivity index (χ2v) is 24.5. The SMILES string of the molecule is CC.CC.CC.CC.CC.CC.Cc1cc(C(=O)N2CC3CN(C(=O)c4ccc(N)c(C(F)(F)F)c4)CC(C2)O3)ccc1N.Cc1cc(N)cc(C(=O)N2CC3CN(C(=O)c4cc(N)cc(C(F)(F)F)c4)CC(C2)O3)c1.Cc1cccc(C(=O)N2CC3CN(C(=O)c4cccc(C(F)(F)F)c4N)CC(C2)O3)c1N. The molecule has 21 nitrogen and oxygen atoms in total. The number of nitrogens with two attached hydrogens (primary N) is 6. The van der Waals surface area contributed by atoms with E-state index < -0.39 is 101 Å². The lowest BCUT2D eigenvalue weighted by Gasteiger charge is -2.45. The van der Waals surface area contributed by atoms with E-state index in [0.29, 0.717) is 33.8 Å². The molecule has 6 aliphatic heterocycles. The van der Waals surface area contributed by atoms with Crippen LogP contribution in [0.2, 0.25) is 0 Å². The molecule has 6 aliphatic rings. The van der Waals surface area contributed by atoms with E-state index in [1.807, 2.05) is 110 Å². The summed E-state index contributed by atoms with van der Waals surface area (Å²) in [6.07, 6.45) is -16.6. The molecule has 30 heteroatoms. The number of anilines is 6. The Hall–Kier alpha value is -9.81. The lowest BCUT2D eigenvalue weighted by molar-refractivity contribution is -0.138. The first kappa shape index (κ1) is 90.6. The molecule has 0 aliphatic carbocycles. The van der Waals surface area contributed by atoms with Crippen LogP contribution < -0.4 is 34.4 Å². The first-order valence-electron chi connectivity index (χ1n) is 36.3. The Kier molecular flexibility index (Phi) is 33.9. The summed E-state index contributed by atoms with van der Waals surface area (Å²) < 4.78 is 136. The second-order valence-electron chi connectivity index (χ2n) is 24.5. The number of para-hydroxylation sites is 2. The quantitative estimate of drug-likeness (QED) is 0.0667. The normalized spacial score (nSPS) is 18.9. The minimum absolute atomic E-state index is 0.0863. The van der Waals surface area contributed by atoms with Crippen LogP contribution in [0.4, 0.5) is 73.6 Å². The lowest BCUT2D eigenvalue weighted by atomic mass is 10.0. The fourth-order valence-corrected chi connectivity index (χ4v) is 12.6. The average molecular weight is 1530 g/mol. The topological polar surface area (TPSA) is 306 Å². The molecule has 6 saturated heterocycles. The van der Waals surface area contributed by atoms with Crippen molar-refractivity contribution in [3.8, 4) is 0 Å². The summed E-state index contributed by atoms with van der Waals surface area (Å²) in [7, 11) is 0. The van der Waals surface area contributed by atoms with Crippen LogP contribution in [0.25, 0.3) is 0 Å². The molecule has 6 heterocycles. The molecule has 0 spiro atoms. The smallest absolute Gasteiger partial charge is 0.399 e. The Balaban J connectivity index is 0.000000319. The van der Waals surface area contributed by atoms with Crippen molar-refractivity contribution in [2.45, 2.75) is 159 Å². The van der Waals surface area contributed by atoms with Gasteiger partial charge >= 0.3 is 18.5 Å². The molecule has 6 bridgehead atoms. The van der Waals surface area contributed by atoms with Gasteiger partial charge in [-0.3, -0.25) is 28.8 Å². The highest BCUT2D eigenvalue weighted by Gasteiger charge is 2.44. The van der Waals surface area contributed by atoms with Crippen LogP contribution in [-0.2, 0) is 32.7 Å². The predicted octanol–water partition coefficient (Wildman–Crippen LogP) is 13.8. The van der Waals surface area contributed by atoms with Gasteiger partial charge in [-0.25, -0.2) is 0 Å². The fourth-order valence-electron chi connectivity index (χ4n) is 12.6. The van der Waals surface area contributed by atoms with Gasteiger partial charge in [-0.2, -0.15) is 39.5 Å². The lowest BCUT2D eigenvalue weighted by Crippen LogP contribution is -2.61. The van der Waals surface area contributed by atoms with E-state index in [1.54, 1.807) is 63.2 Å². The van der Waals surface area contributed by atoms with E-state index in [1.165, 1.54) is 39.0 Å². The van der Waals surface area contributed by atoms with Gasteiger partial charge in [-0.1, -0.05) is 101 Å². The van der Waals surface area contributed by atoms with E-state index in [9.17, 15) is 68.3 Å². The minimum atomic E-state index is -4.65. The number of aryl methyl sites for hydroxylation is 3. The zero-order chi connectivity index (χ0) is 81.6. The number of hydrogen-bond acceptors (Lipinski definition) is 15. The van der Waals surface area contributed by atoms with Crippen molar-refractivity contribution >= 4 is 69.6 Å². The number of carbonyl (C=O) groups excluding carboxylic acids is 6. The Morgan fingerprint density at radius 3 is 1.01 bits per heavy atom. The molecule has 0 aromatic heterocycles. The number of morpholine rings is 6. The van der Waals surface area contributed by atoms with Crippen molar-refractivity contribution in [1.82, 2.24) is 29.4 Å². The van der Waals surface area contributed by atoms with Crippen LogP contribution in [0.1, 0.15) is 179 Å². The number of benzene rings is 6. The van der Waals surface area contributed by atoms with Crippen LogP contribution in [0.15, 0.2) is 109 Å². The van der Waals surface area contributed by atoms with Gasteiger partial charge in [0.15, 0.2) is 0 Å². The van der Waals surface area contributed by atoms with E-state index in [-0.39, 0.29) is 119 Å². The molecular weight excluding hydrogens is 1420 g/mol. The predicted molar refractivity (Wildman–Crippen MR) is 404 cm³/mol. The monoisotopic (exact) mass is 1520 g/mol. The molecule has 0 radical (unpaired) electrons. The number of ether oxygens (including phenoxy) is 3. The maximum atomic E-state index is 13.2. The van der Waals surface area contributed by atoms with Crippen LogP contribution in [0.3, 0.4) is 0 Å². The zero-order valence-corrected chi connectivity index (χ0v) is 64.1. The largest absolute Gasteiger partial charge is 0.418 e. The molecule has 6 fully saturated rings. The Morgan fingerprint density at radius 2 is 0.648 bits per heavy atom. The molecule has 594 valence electrons. The van der Waals surface area contributed by atoms with Crippen LogP contribution in [0.5, 0.6) is 0 Å². The number of amides is 6. The van der Waals surface area contributed by atoms with Crippen LogP contribution >= 0.6 is 0 Å². The molecule has 12 N–H and O–H groups in total. The summed E-state index contributed by atoms with van der Waals surface area (Å²) in [6, 6.07) is 24.8. The van der Waals surface area contributed by atoms with Gasteiger partial charge in [0.05, 0.1) is 70.1 Å².